The number of ketones is 1. The van der Waals surface area contributed by atoms with Crippen LogP contribution in [0.4, 0.5) is 10.3 Å². The van der Waals surface area contributed by atoms with Crippen molar-refractivity contribution < 1.29 is 18.7 Å². The summed E-state index contributed by atoms with van der Waals surface area (Å²) in [5, 5.41) is 0. The number of methoxy groups -OCH3 is 1. The van der Waals surface area contributed by atoms with E-state index in [1.54, 1.807) is 24.2 Å². The number of hydrogen-bond acceptors (Lipinski definition) is 8. The van der Waals surface area contributed by atoms with Crippen LogP contribution < -0.4 is 15.2 Å². The molecule has 10 heteroatoms. The minimum absolute atomic E-state index is 0.0588. The maximum absolute atomic E-state index is 14.0. The first-order valence-corrected chi connectivity index (χ1v) is 9.56. The number of carbonyl (C=O) groups is 1. The van der Waals surface area contributed by atoms with E-state index in [9.17, 15) is 14.0 Å². The Morgan fingerprint density at radius 3 is 2.81 bits per heavy atom. The molecule has 4 rings (SSSR count). The predicted octanol–water partition coefficient (Wildman–Crippen LogP) is 1.47. The predicted molar refractivity (Wildman–Crippen MR) is 110 cm³/mol. The van der Waals surface area contributed by atoms with E-state index in [-0.39, 0.29) is 35.8 Å². The molecule has 9 nitrogen and oxygen atoms in total. The number of hydrogen-bond donors (Lipinski definition) is 0. The zero-order valence-corrected chi connectivity index (χ0v) is 17.0. The molecule has 0 saturated carbocycles. The standard InChI is InChI=1S/C21H20FN5O4/c1-26-19(28)10-16(15-5-6-23-12-24-15)25-21(26)27-7-8-31-18(11-27)20(29)13-3-4-17(30-2)14(22)9-13/h3-6,9-10,12,18H,7-8,11H2,1-2H3. The highest BCUT2D eigenvalue weighted by molar-refractivity contribution is 6.00. The number of aromatic nitrogens is 4. The van der Waals surface area contributed by atoms with Crippen LogP contribution >= 0.6 is 0 Å². The van der Waals surface area contributed by atoms with Crippen molar-refractivity contribution in [1.29, 1.82) is 0 Å². The Bertz CT molecular complexity index is 1170. The van der Waals surface area contributed by atoms with E-state index in [1.165, 1.54) is 36.2 Å². The molecular formula is C21H20FN5O4. The molecule has 160 valence electrons. The fourth-order valence-corrected chi connectivity index (χ4v) is 3.38. The molecule has 1 aliphatic heterocycles. The summed E-state index contributed by atoms with van der Waals surface area (Å²) in [6.45, 7) is 0.858. The van der Waals surface area contributed by atoms with Crippen molar-refractivity contribution in [3.63, 3.8) is 0 Å². The topological polar surface area (TPSA) is 99.4 Å². The molecule has 1 unspecified atom stereocenters. The van der Waals surface area contributed by atoms with Crippen LogP contribution in [0, 0.1) is 5.82 Å². The lowest BCUT2D eigenvalue weighted by atomic mass is 10.0. The van der Waals surface area contributed by atoms with Crippen molar-refractivity contribution in [2.45, 2.75) is 6.10 Å². The van der Waals surface area contributed by atoms with Crippen LogP contribution in [0.2, 0.25) is 0 Å². The smallest absolute Gasteiger partial charge is 0.255 e. The Morgan fingerprint density at radius 1 is 1.26 bits per heavy atom. The maximum Gasteiger partial charge on any atom is 0.255 e. The number of anilines is 1. The van der Waals surface area contributed by atoms with E-state index in [0.29, 0.717) is 23.9 Å². The average Bonchev–Trinajstić information content (AvgIpc) is 2.81. The summed E-state index contributed by atoms with van der Waals surface area (Å²) in [7, 11) is 2.97. The van der Waals surface area contributed by atoms with Gasteiger partial charge in [0.15, 0.2) is 17.3 Å². The molecule has 0 N–H and O–H groups in total. The maximum atomic E-state index is 14.0. The van der Waals surface area contributed by atoms with Gasteiger partial charge in [-0.2, -0.15) is 0 Å². The van der Waals surface area contributed by atoms with Gasteiger partial charge in [-0.25, -0.2) is 19.3 Å². The van der Waals surface area contributed by atoms with Crippen molar-refractivity contribution in [2.24, 2.45) is 7.05 Å². The van der Waals surface area contributed by atoms with E-state index in [0.717, 1.165) is 6.07 Å². The Hall–Kier alpha value is -3.66. The van der Waals surface area contributed by atoms with E-state index in [1.807, 2.05) is 0 Å². The first-order valence-electron chi connectivity index (χ1n) is 9.56. The van der Waals surface area contributed by atoms with Gasteiger partial charge in [-0.05, 0) is 24.3 Å². The Kier molecular flexibility index (Phi) is 5.72. The zero-order chi connectivity index (χ0) is 22.0. The van der Waals surface area contributed by atoms with Gasteiger partial charge in [-0.15, -0.1) is 0 Å². The summed E-state index contributed by atoms with van der Waals surface area (Å²) >= 11 is 0. The van der Waals surface area contributed by atoms with Crippen LogP contribution in [-0.4, -0.2) is 58.2 Å². The van der Waals surface area contributed by atoms with Crippen LogP contribution in [0.1, 0.15) is 10.4 Å². The van der Waals surface area contributed by atoms with Gasteiger partial charge in [0.25, 0.3) is 5.56 Å². The molecule has 1 fully saturated rings. The second-order valence-corrected chi connectivity index (χ2v) is 6.95. The molecule has 1 atom stereocenters. The third-order valence-corrected chi connectivity index (χ3v) is 5.03. The van der Waals surface area contributed by atoms with Gasteiger partial charge in [0.1, 0.15) is 12.4 Å². The molecule has 0 amide bonds. The number of ether oxygens (including phenoxy) is 2. The number of morpholine rings is 1. The number of halogens is 1. The molecule has 1 aliphatic rings. The Morgan fingerprint density at radius 2 is 2.10 bits per heavy atom. The molecule has 0 aliphatic carbocycles. The normalized spacial score (nSPS) is 16.2. The largest absolute Gasteiger partial charge is 0.494 e. The number of Topliss-reactive ketones (excluding diaryl/α,β-unsaturated/α-hetero) is 1. The Labute approximate surface area is 177 Å². The van der Waals surface area contributed by atoms with Gasteiger partial charge in [-0.1, -0.05) is 0 Å². The van der Waals surface area contributed by atoms with Gasteiger partial charge >= 0.3 is 0 Å². The van der Waals surface area contributed by atoms with Gasteiger partial charge < -0.3 is 14.4 Å². The minimum Gasteiger partial charge on any atom is -0.494 e. The van der Waals surface area contributed by atoms with Crippen molar-refractivity contribution in [1.82, 2.24) is 19.5 Å². The van der Waals surface area contributed by atoms with Crippen LogP contribution in [0.5, 0.6) is 5.75 Å². The van der Waals surface area contributed by atoms with E-state index < -0.39 is 11.9 Å². The molecule has 31 heavy (non-hydrogen) atoms. The lowest BCUT2D eigenvalue weighted by Crippen LogP contribution is -2.48. The number of carbonyl (C=O) groups excluding carboxylic acids is 1. The van der Waals surface area contributed by atoms with Crippen LogP contribution in [-0.2, 0) is 11.8 Å². The summed E-state index contributed by atoms with van der Waals surface area (Å²) in [4.78, 5) is 39.8. The Balaban J connectivity index is 1.61. The molecule has 3 heterocycles. The van der Waals surface area contributed by atoms with E-state index >= 15 is 0 Å². The van der Waals surface area contributed by atoms with Crippen molar-refractivity contribution in [3.05, 3.63) is 64.6 Å². The van der Waals surface area contributed by atoms with E-state index in [4.69, 9.17) is 9.47 Å². The van der Waals surface area contributed by atoms with Crippen molar-refractivity contribution in [3.8, 4) is 17.1 Å². The fourth-order valence-electron chi connectivity index (χ4n) is 3.38. The highest BCUT2D eigenvalue weighted by Gasteiger charge is 2.30. The van der Waals surface area contributed by atoms with Crippen LogP contribution in [0.25, 0.3) is 11.4 Å². The molecule has 3 aromatic rings. The molecule has 1 saturated heterocycles. The first-order chi connectivity index (χ1) is 15.0. The summed E-state index contributed by atoms with van der Waals surface area (Å²) in [5.41, 5.74) is 0.850. The molecular weight excluding hydrogens is 405 g/mol. The van der Waals surface area contributed by atoms with Gasteiger partial charge in [0, 0.05) is 31.4 Å². The van der Waals surface area contributed by atoms with Crippen LogP contribution in [0.3, 0.4) is 0 Å². The monoisotopic (exact) mass is 425 g/mol. The second kappa shape index (κ2) is 8.60. The lowest BCUT2D eigenvalue weighted by Gasteiger charge is -2.33. The summed E-state index contributed by atoms with van der Waals surface area (Å²) in [6.07, 6.45) is 2.12. The quantitative estimate of drug-likeness (QED) is 0.567. The van der Waals surface area contributed by atoms with Gasteiger partial charge in [0.2, 0.25) is 5.95 Å². The summed E-state index contributed by atoms with van der Waals surface area (Å²) < 4.78 is 26.0. The highest BCUT2D eigenvalue weighted by Crippen LogP contribution is 2.22. The number of nitrogens with zero attached hydrogens (tertiary/aromatic N) is 5. The lowest BCUT2D eigenvalue weighted by molar-refractivity contribution is 0.0336. The number of benzene rings is 1. The molecule has 0 spiro atoms. The van der Waals surface area contributed by atoms with Crippen molar-refractivity contribution in [2.75, 3.05) is 31.7 Å². The van der Waals surface area contributed by atoms with E-state index in [2.05, 4.69) is 15.0 Å². The molecule has 0 bridgehead atoms. The molecule has 1 aromatic carbocycles. The minimum atomic E-state index is -0.832. The van der Waals surface area contributed by atoms with Crippen molar-refractivity contribution >= 4 is 11.7 Å². The zero-order valence-electron chi connectivity index (χ0n) is 17.0. The third-order valence-electron chi connectivity index (χ3n) is 5.03. The highest BCUT2D eigenvalue weighted by atomic mass is 19.1. The molecule has 0 radical (unpaired) electrons. The average molecular weight is 425 g/mol. The van der Waals surface area contributed by atoms with Crippen LogP contribution in [0.15, 0.2) is 47.7 Å². The fraction of sp³-hybridized carbons (Fsp3) is 0.286. The van der Waals surface area contributed by atoms with Gasteiger partial charge in [0.05, 0.1) is 31.6 Å². The summed E-state index contributed by atoms with van der Waals surface area (Å²) in [6, 6.07) is 7.09. The molecule has 2 aromatic heterocycles. The third kappa shape index (κ3) is 4.15. The van der Waals surface area contributed by atoms with Gasteiger partial charge in [-0.3, -0.25) is 14.2 Å². The first kappa shape index (κ1) is 20.6. The second-order valence-electron chi connectivity index (χ2n) is 6.95. The number of rotatable bonds is 5. The SMILES string of the molecule is COc1ccc(C(=O)C2CN(c3nc(-c4ccncn4)cc(=O)n3C)CCO2)cc1F. The summed E-state index contributed by atoms with van der Waals surface area (Å²) in [5.74, 6) is -0.530.